The molecule has 9 nitrogen and oxygen atoms in total. The largest absolute Gasteiger partial charge is 0.497 e. The summed E-state index contributed by atoms with van der Waals surface area (Å²) in [7, 11) is 2.97. The molecule has 2 aromatic rings. The van der Waals surface area contributed by atoms with E-state index in [-0.39, 0.29) is 17.7 Å². The van der Waals surface area contributed by atoms with Crippen molar-refractivity contribution in [3.05, 3.63) is 39.8 Å². The summed E-state index contributed by atoms with van der Waals surface area (Å²) in [5.74, 6) is -0.193. The number of hydrogen-bond acceptors (Lipinski definition) is 7. The minimum absolute atomic E-state index is 0.277. The standard InChI is InChI=1S/C20H23N3O6S/c1-4-29-20(26)23-8-7-13-15(10-23)30-19(16(13)17(21)24)22-18(25)12-6-5-11(27-2)9-14(12)28-3/h5-6,9H,4,7-8,10H2,1-3H3,(H2,21,24)(H,22,25). The van der Waals surface area contributed by atoms with Crippen molar-refractivity contribution < 1.29 is 28.6 Å². The number of methoxy groups -OCH3 is 2. The molecule has 10 heteroatoms. The number of amides is 3. The molecule has 0 aliphatic carbocycles. The summed E-state index contributed by atoms with van der Waals surface area (Å²) in [6.07, 6.45) is 0.0377. The van der Waals surface area contributed by atoms with Crippen LogP contribution in [0.4, 0.5) is 9.80 Å². The first-order chi connectivity index (χ1) is 14.4. The van der Waals surface area contributed by atoms with Crippen LogP contribution in [-0.2, 0) is 17.7 Å². The number of nitrogens with two attached hydrogens (primary N) is 1. The van der Waals surface area contributed by atoms with Crippen molar-refractivity contribution in [2.24, 2.45) is 5.73 Å². The van der Waals surface area contributed by atoms with Crippen LogP contribution in [0, 0.1) is 0 Å². The molecule has 0 saturated heterocycles. The van der Waals surface area contributed by atoms with Crippen molar-refractivity contribution in [2.45, 2.75) is 19.9 Å². The molecule has 1 aromatic carbocycles. The van der Waals surface area contributed by atoms with Crippen molar-refractivity contribution in [1.29, 1.82) is 0 Å². The second-order valence-corrected chi connectivity index (χ2v) is 7.57. The van der Waals surface area contributed by atoms with Gasteiger partial charge in [-0.2, -0.15) is 0 Å². The average Bonchev–Trinajstić information content (AvgIpc) is 3.10. The van der Waals surface area contributed by atoms with Crippen LogP contribution in [0.15, 0.2) is 18.2 Å². The van der Waals surface area contributed by atoms with Crippen molar-refractivity contribution in [1.82, 2.24) is 4.90 Å². The van der Waals surface area contributed by atoms with Crippen LogP contribution in [0.25, 0.3) is 0 Å². The lowest BCUT2D eigenvalue weighted by molar-refractivity contribution is 0.0997. The maximum atomic E-state index is 12.9. The fraction of sp³-hybridized carbons (Fsp3) is 0.350. The van der Waals surface area contributed by atoms with Gasteiger partial charge in [-0.05, 0) is 31.0 Å². The van der Waals surface area contributed by atoms with E-state index in [1.54, 1.807) is 30.0 Å². The Morgan fingerprint density at radius 1 is 1.23 bits per heavy atom. The number of rotatable bonds is 6. The summed E-state index contributed by atoms with van der Waals surface area (Å²) in [6.45, 7) is 2.72. The first-order valence-electron chi connectivity index (χ1n) is 9.29. The normalized spacial score (nSPS) is 12.7. The van der Waals surface area contributed by atoms with Gasteiger partial charge in [-0.1, -0.05) is 0 Å². The van der Waals surface area contributed by atoms with Crippen LogP contribution in [0.1, 0.15) is 38.1 Å². The minimum Gasteiger partial charge on any atom is -0.497 e. The van der Waals surface area contributed by atoms with Gasteiger partial charge in [-0.25, -0.2) is 4.79 Å². The van der Waals surface area contributed by atoms with E-state index in [4.69, 9.17) is 19.9 Å². The topological polar surface area (TPSA) is 120 Å². The number of benzene rings is 1. The molecule has 0 atom stereocenters. The number of fused-ring (bicyclic) bond motifs is 1. The third-order valence-electron chi connectivity index (χ3n) is 4.71. The maximum absolute atomic E-state index is 12.9. The van der Waals surface area contributed by atoms with Crippen molar-refractivity contribution in [3.8, 4) is 11.5 Å². The zero-order valence-electron chi connectivity index (χ0n) is 16.9. The van der Waals surface area contributed by atoms with E-state index < -0.39 is 17.9 Å². The van der Waals surface area contributed by atoms with Gasteiger partial charge < -0.3 is 30.2 Å². The fourth-order valence-electron chi connectivity index (χ4n) is 3.28. The number of nitrogens with zero attached hydrogens (tertiary/aromatic N) is 1. The van der Waals surface area contributed by atoms with E-state index in [0.717, 1.165) is 10.4 Å². The van der Waals surface area contributed by atoms with Gasteiger partial charge >= 0.3 is 6.09 Å². The average molecular weight is 433 g/mol. The van der Waals surface area contributed by atoms with Gasteiger partial charge in [-0.3, -0.25) is 9.59 Å². The number of hydrogen-bond donors (Lipinski definition) is 2. The number of ether oxygens (including phenoxy) is 3. The summed E-state index contributed by atoms with van der Waals surface area (Å²) < 4.78 is 15.5. The minimum atomic E-state index is -0.630. The molecular weight excluding hydrogens is 410 g/mol. The Balaban J connectivity index is 1.89. The molecule has 1 aliphatic rings. The van der Waals surface area contributed by atoms with Crippen LogP contribution < -0.4 is 20.5 Å². The van der Waals surface area contributed by atoms with Gasteiger partial charge in [0.25, 0.3) is 11.8 Å². The summed E-state index contributed by atoms with van der Waals surface area (Å²) in [4.78, 5) is 39.4. The smallest absolute Gasteiger partial charge is 0.410 e. The monoisotopic (exact) mass is 433 g/mol. The highest BCUT2D eigenvalue weighted by molar-refractivity contribution is 7.17. The number of carbonyl (C=O) groups excluding carboxylic acids is 3. The second-order valence-electron chi connectivity index (χ2n) is 6.46. The quantitative estimate of drug-likeness (QED) is 0.723. The predicted molar refractivity (Wildman–Crippen MR) is 111 cm³/mol. The lowest BCUT2D eigenvalue weighted by Crippen LogP contribution is -2.36. The number of carbonyl (C=O) groups is 3. The lowest BCUT2D eigenvalue weighted by Gasteiger charge is -2.26. The molecule has 3 amide bonds. The molecule has 30 heavy (non-hydrogen) atoms. The summed E-state index contributed by atoms with van der Waals surface area (Å²) in [5.41, 5.74) is 6.92. The highest BCUT2D eigenvalue weighted by atomic mass is 32.1. The Labute approximate surface area is 177 Å². The number of thiophene rings is 1. The molecule has 1 aromatic heterocycles. The number of anilines is 1. The molecule has 1 aliphatic heterocycles. The first-order valence-corrected chi connectivity index (χ1v) is 10.1. The van der Waals surface area contributed by atoms with Crippen LogP contribution >= 0.6 is 11.3 Å². The third kappa shape index (κ3) is 4.18. The molecular formula is C20H23N3O6S. The van der Waals surface area contributed by atoms with Crippen LogP contribution in [0.3, 0.4) is 0 Å². The first kappa shape index (κ1) is 21.4. The molecule has 0 radical (unpaired) electrons. The predicted octanol–water partition coefficient (Wildman–Crippen LogP) is 2.63. The Morgan fingerprint density at radius 3 is 2.63 bits per heavy atom. The summed E-state index contributed by atoms with van der Waals surface area (Å²) in [6, 6.07) is 4.82. The van der Waals surface area contributed by atoms with Gasteiger partial charge in [0.05, 0.1) is 38.5 Å². The molecule has 2 heterocycles. The van der Waals surface area contributed by atoms with Crippen LogP contribution in [0.2, 0.25) is 0 Å². The highest BCUT2D eigenvalue weighted by Crippen LogP contribution is 2.37. The highest BCUT2D eigenvalue weighted by Gasteiger charge is 2.30. The lowest BCUT2D eigenvalue weighted by atomic mass is 10.0. The maximum Gasteiger partial charge on any atom is 0.410 e. The van der Waals surface area contributed by atoms with Gasteiger partial charge in [0.2, 0.25) is 0 Å². The van der Waals surface area contributed by atoms with Gasteiger partial charge in [0, 0.05) is 17.5 Å². The number of nitrogens with one attached hydrogen (secondary N) is 1. The van der Waals surface area contributed by atoms with E-state index in [1.807, 2.05) is 0 Å². The zero-order chi connectivity index (χ0) is 21.8. The van der Waals surface area contributed by atoms with Crippen molar-refractivity contribution in [2.75, 3.05) is 32.7 Å². The van der Waals surface area contributed by atoms with E-state index >= 15 is 0 Å². The van der Waals surface area contributed by atoms with Gasteiger partial charge in [-0.15, -0.1) is 11.3 Å². The molecule has 0 spiro atoms. The molecule has 160 valence electrons. The Morgan fingerprint density at radius 2 is 2.00 bits per heavy atom. The molecule has 0 fully saturated rings. The van der Waals surface area contributed by atoms with Crippen molar-refractivity contribution >= 4 is 34.2 Å². The Kier molecular flexibility index (Phi) is 6.46. The molecule has 0 saturated carbocycles. The molecule has 3 N–H and O–H groups in total. The van der Waals surface area contributed by atoms with E-state index in [1.165, 1.54) is 25.6 Å². The van der Waals surface area contributed by atoms with Gasteiger partial charge in [0.1, 0.15) is 16.5 Å². The SMILES string of the molecule is CCOC(=O)N1CCc2c(sc(NC(=O)c3ccc(OC)cc3OC)c2C(N)=O)C1. The molecule has 3 rings (SSSR count). The van der Waals surface area contributed by atoms with Crippen LogP contribution in [-0.4, -0.2) is 50.2 Å². The zero-order valence-corrected chi connectivity index (χ0v) is 17.8. The van der Waals surface area contributed by atoms with Crippen molar-refractivity contribution in [3.63, 3.8) is 0 Å². The van der Waals surface area contributed by atoms with E-state index in [2.05, 4.69) is 5.32 Å². The van der Waals surface area contributed by atoms with Gasteiger partial charge in [0.15, 0.2) is 0 Å². The summed E-state index contributed by atoms with van der Waals surface area (Å²) >= 11 is 1.23. The van der Waals surface area contributed by atoms with E-state index in [9.17, 15) is 14.4 Å². The van der Waals surface area contributed by atoms with Crippen LogP contribution in [0.5, 0.6) is 11.5 Å². The fourth-order valence-corrected chi connectivity index (χ4v) is 4.54. The Hall–Kier alpha value is -3.27. The molecule has 0 unspecified atom stereocenters. The third-order valence-corrected chi connectivity index (χ3v) is 5.84. The Bertz CT molecular complexity index is 987. The molecule has 0 bridgehead atoms. The summed E-state index contributed by atoms with van der Waals surface area (Å²) in [5, 5.41) is 3.12. The number of primary amides is 1. The van der Waals surface area contributed by atoms with E-state index in [0.29, 0.717) is 36.0 Å². The second kappa shape index (κ2) is 9.04.